The minimum absolute atomic E-state index is 0.572. The minimum atomic E-state index is 0.572. The fourth-order valence-corrected chi connectivity index (χ4v) is 3.25. The normalized spacial score (nSPS) is 10.0. The fourth-order valence-electron chi connectivity index (χ4n) is 2.33. The van der Waals surface area contributed by atoms with Gasteiger partial charge >= 0.3 is 0 Å². The molecule has 0 aliphatic rings. The smallest absolute Gasteiger partial charge is 0.203 e. The second kappa shape index (κ2) is 6.64. The van der Waals surface area contributed by atoms with E-state index < -0.39 is 0 Å². The molecule has 0 radical (unpaired) electrons. The Hall–Kier alpha value is -2.64. The van der Waals surface area contributed by atoms with Crippen molar-refractivity contribution >= 4 is 21.4 Å². The van der Waals surface area contributed by atoms with Gasteiger partial charge in [-0.15, -0.1) is 11.3 Å². The number of hydrogen-bond acceptors (Lipinski definition) is 4. The molecule has 116 valence electrons. The molecule has 23 heavy (non-hydrogen) atoms. The Kier molecular flexibility index (Phi) is 4.40. The number of thiophene rings is 1. The average Bonchev–Trinajstić information content (AvgIpc) is 3.01. The van der Waals surface area contributed by atoms with E-state index in [4.69, 9.17) is 14.2 Å². The lowest BCUT2D eigenvalue weighted by molar-refractivity contribution is 0.324. The number of fused-ring (bicyclic) bond motifs is 1. The summed E-state index contributed by atoms with van der Waals surface area (Å²) in [5.74, 6) is 8.15. The van der Waals surface area contributed by atoms with Crippen molar-refractivity contribution in [3.8, 4) is 29.1 Å². The van der Waals surface area contributed by atoms with E-state index >= 15 is 0 Å². The lowest BCUT2D eigenvalue weighted by Gasteiger charge is -2.12. The van der Waals surface area contributed by atoms with Crippen LogP contribution in [0.15, 0.2) is 42.5 Å². The number of rotatable bonds is 3. The molecule has 1 heterocycles. The van der Waals surface area contributed by atoms with Gasteiger partial charge in [-0.25, -0.2) is 0 Å². The van der Waals surface area contributed by atoms with Gasteiger partial charge in [-0.3, -0.25) is 0 Å². The molecular weight excluding hydrogens is 308 g/mol. The van der Waals surface area contributed by atoms with Crippen LogP contribution in [0.3, 0.4) is 0 Å². The SMILES string of the molecule is COc1cc(C#Cc2cc3ccccc3s2)cc(OC)c1OC. The Morgan fingerprint density at radius 3 is 2.13 bits per heavy atom. The third-order valence-corrected chi connectivity index (χ3v) is 4.45. The number of benzene rings is 2. The molecule has 0 N–H and O–H groups in total. The molecule has 2 aromatic carbocycles. The van der Waals surface area contributed by atoms with E-state index in [9.17, 15) is 0 Å². The highest BCUT2D eigenvalue weighted by Crippen LogP contribution is 2.38. The molecule has 3 nitrogen and oxygen atoms in total. The molecule has 1 aromatic heterocycles. The first-order chi connectivity index (χ1) is 11.2. The van der Waals surface area contributed by atoms with Crippen LogP contribution >= 0.6 is 11.3 Å². The van der Waals surface area contributed by atoms with Crippen LogP contribution < -0.4 is 14.2 Å². The maximum absolute atomic E-state index is 5.35. The Balaban J connectivity index is 2.00. The molecule has 0 aliphatic carbocycles. The zero-order valence-corrected chi connectivity index (χ0v) is 14.0. The topological polar surface area (TPSA) is 27.7 Å². The molecule has 3 rings (SSSR count). The zero-order valence-electron chi connectivity index (χ0n) is 13.2. The molecule has 3 aromatic rings. The molecule has 0 saturated carbocycles. The summed E-state index contributed by atoms with van der Waals surface area (Å²) in [7, 11) is 4.78. The first-order valence-corrected chi connectivity index (χ1v) is 7.87. The van der Waals surface area contributed by atoms with Crippen molar-refractivity contribution in [3.63, 3.8) is 0 Å². The van der Waals surface area contributed by atoms with Gasteiger partial charge in [-0.2, -0.15) is 0 Å². The van der Waals surface area contributed by atoms with E-state index in [1.165, 1.54) is 10.1 Å². The van der Waals surface area contributed by atoms with E-state index in [0.717, 1.165) is 10.4 Å². The van der Waals surface area contributed by atoms with Gasteiger partial charge in [0.05, 0.1) is 26.2 Å². The summed E-state index contributed by atoms with van der Waals surface area (Å²) in [6.45, 7) is 0. The van der Waals surface area contributed by atoms with Crippen LogP contribution in [-0.2, 0) is 0 Å². The van der Waals surface area contributed by atoms with Crippen LogP contribution in [0.4, 0.5) is 0 Å². The second-order valence-corrected chi connectivity index (χ2v) is 5.90. The van der Waals surface area contributed by atoms with Gasteiger partial charge in [-0.05, 0) is 29.7 Å². The molecule has 0 aliphatic heterocycles. The van der Waals surface area contributed by atoms with Gasteiger partial charge in [0.15, 0.2) is 11.5 Å². The van der Waals surface area contributed by atoms with E-state index in [1.807, 2.05) is 24.3 Å². The van der Waals surface area contributed by atoms with Crippen LogP contribution in [-0.4, -0.2) is 21.3 Å². The predicted molar refractivity (Wildman–Crippen MR) is 93.9 cm³/mol. The molecule has 4 heteroatoms. The lowest BCUT2D eigenvalue weighted by atomic mass is 10.2. The molecule has 0 saturated heterocycles. The summed E-state index contributed by atoms with van der Waals surface area (Å²) in [6, 6.07) is 14.1. The van der Waals surface area contributed by atoms with Crippen LogP contribution in [0.5, 0.6) is 17.2 Å². The summed E-state index contributed by atoms with van der Waals surface area (Å²) in [4.78, 5) is 1.03. The third kappa shape index (κ3) is 3.10. The third-order valence-electron chi connectivity index (χ3n) is 3.42. The highest BCUT2D eigenvalue weighted by Gasteiger charge is 2.12. The standard InChI is InChI=1S/C19H16O3S/c1-20-16-10-13(11-17(21-2)19(16)22-3)8-9-15-12-14-6-4-5-7-18(14)23-15/h4-7,10-12H,1-3H3. The molecular formula is C19H16O3S. The summed E-state index contributed by atoms with van der Waals surface area (Å²) in [6.07, 6.45) is 0. The molecule has 0 atom stereocenters. The lowest BCUT2D eigenvalue weighted by Crippen LogP contribution is -1.95. The maximum atomic E-state index is 5.35. The highest BCUT2D eigenvalue weighted by atomic mass is 32.1. The summed E-state index contributed by atoms with van der Waals surface area (Å²) >= 11 is 1.68. The monoisotopic (exact) mass is 324 g/mol. The Labute approximate surface area is 139 Å². The van der Waals surface area contributed by atoms with Gasteiger partial charge in [0.25, 0.3) is 0 Å². The quantitative estimate of drug-likeness (QED) is 0.671. The van der Waals surface area contributed by atoms with E-state index in [0.29, 0.717) is 17.2 Å². The van der Waals surface area contributed by atoms with Crippen molar-refractivity contribution in [2.45, 2.75) is 0 Å². The van der Waals surface area contributed by atoms with Crippen LogP contribution in [0.1, 0.15) is 10.4 Å². The van der Waals surface area contributed by atoms with Gasteiger partial charge in [0, 0.05) is 10.3 Å². The molecule has 0 bridgehead atoms. The molecule has 0 amide bonds. The van der Waals surface area contributed by atoms with Gasteiger partial charge in [-0.1, -0.05) is 30.0 Å². The zero-order chi connectivity index (χ0) is 16.2. The van der Waals surface area contributed by atoms with Crippen molar-refractivity contribution in [1.29, 1.82) is 0 Å². The average molecular weight is 324 g/mol. The highest BCUT2D eigenvalue weighted by molar-refractivity contribution is 7.19. The largest absolute Gasteiger partial charge is 0.493 e. The van der Waals surface area contributed by atoms with E-state index in [2.05, 4.69) is 30.0 Å². The summed E-state index contributed by atoms with van der Waals surface area (Å²) < 4.78 is 17.3. The predicted octanol–water partition coefficient (Wildman–Crippen LogP) is 4.33. The van der Waals surface area contributed by atoms with Crippen molar-refractivity contribution in [2.24, 2.45) is 0 Å². The van der Waals surface area contributed by atoms with E-state index in [-0.39, 0.29) is 0 Å². The number of ether oxygens (including phenoxy) is 3. The summed E-state index contributed by atoms with van der Waals surface area (Å²) in [5, 5.41) is 1.21. The Morgan fingerprint density at radius 2 is 1.52 bits per heavy atom. The first-order valence-electron chi connectivity index (χ1n) is 7.05. The maximum Gasteiger partial charge on any atom is 0.203 e. The van der Waals surface area contributed by atoms with Crippen molar-refractivity contribution < 1.29 is 14.2 Å². The second-order valence-electron chi connectivity index (χ2n) is 4.81. The van der Waals surface area contributed by atoms with Crippen LogP contribution in [0.25, 0.3) is 10.1 Å². The van der Waals surface area contributed by atoms with Crippen molar-refractivity contribution in [3.05, 3.63) is 52.9 Å². The van der Waals surface area contributed by atoms with Gasteiger partial charge in [0.1, 0.15) is 0 Å². The number of methoxy groups -OCH3 is 3. The molecule has 0 fully saturated rings. The fraction of sp³-hybridized carbons (Fsp3) is 0.158. The van der Waals surface area contributed by atoms with Gasteiger partial charge < -0.3 is 14.2 Å². The Bertz CT molecular complexity index is 842. The first kappa shape index (κ1) is 15.3. The van der Waals surface area contributed by atoms with Gasteiger partial charge in [0.2, 0.25) is 5.75 Å². The van der Waals surface area contributed by atoms with Crippen LogP contribution in [0.2, 0.25) is 0 Å². The molecule has 0 unspecified atom stereocenters. The molecule has 0 spiro atoms. The summed E-state index contributed by atoms with van der Waals surface area (Å²) in [5.41, 5.74) is 0.817. The van der Waals surface area contributed by atoms with Crippen molar-refractivity contribution in [1.82, 2.24) is 0 Å². The van der Waals surface area contributed by atoms with Crippen molar-refractivity contribution in [2.75, 3.05) is 21.3 Å². The van der Waals surface area contributed by atoms with E-state index in [1.54, 1.807) is 32.7 Å². The number of hydrogen-bond donors (Lipinski definition) is 0. The minimum Gasteiger partial charge on any atom is -0.493 e. The van der Waals surface area contributed by atoms with Crippen LogP contribution in [0, 0.1) is 11.8 Å². The Morgan fingerprint density at radius 1 is 0.826 bits per heavy atom.